The molecule has 0 saturated heterocycles. The molecule has 15 heavy (non-hydrogen) atoms. The van der Waals surface area contributed by atoms with Gasteiger partial charge in [0.1, 0.15) is 4.60 Å². The van der Waals surface area contributed by atoms with Crippen LogP contribution in [0.5, 0.6) is 0 Å². The highest BCUT2D eigenvalue weighted by molar-refractivity contribution is 9.10. The average Bonchev–Trinajstić information content (AvgIpc) is 2.43. The molecule has 0 amide bonds. The van der Waals surface area contributed by atoms with E-state index in [4.69, 9.17) is 5.73 Å². The molecule has 0 spiro atoms. The van der Waals surface area contributed by atoms with E-state index in [2.05, 4.69) is 51.6 Å². The van der Waals surface area contributed by atoms with Crippen LogP contribution in [0.4, 0.5) is 5.95 Å². The first-order valence-corrected chi connectivity index (χ1v) is 5.95. The van der Waals surface area contributed by atoms with E-state index in [1.807, 2.05) is 0 Å². The molecule has 2 heterocycles. The number of rotatable bonds is 0. The summed E-state index contributed by atoms with van der Waals surface area (Å²) in [6.07, 6.45) is 0. The Morgan fingerprint density at radius 1 is 1.53 bits per heavy atom. The number of hydrogen-bond donors (Lipinski definition) is 2. The number of aromatic nitrogens is 2. The zero-order chi connectivity index (χ0) is 11.2. The largest absolute Gasteiger partial charge is 0.354 e. The van der Waals surface area contributed by atoms with Gasteiger partial charge in [-0.3, -0.25) is 0 Å². The fourth-order valence-electron chi connectivity index (χ4n) is 1.73. The minimum atomic E-state index is 0.0505. The predicted molar refractivity (Wildman–Crippen MR) is 65.1 cm³/mol. The van der Waals surface area contributed by atoms with E-state index in [9.17, 15) is 0 Å². The molecule has 1 aromatic rings. The minimum absolute atomic E-state index is 0.0505. The van der Waals surface area contributed by atoms with Gasteiger partial charge in [-0.1, -0.05) is 20.8 Å². The molecule has 1 aliphatic heterocycles. The van der Waals surface area contributed by atoms with Crippen LogP contribution in [-0.2, 0) is 12.0 Å². The molecule has 0 aromatic carbocycles. The lowest BCUT2D eigenvalue weighted by atomic mass is 9.93. The van der Waals surface area contributed by atoms with Crippen molar-refractivity contribution in [2.45, 2.75) is 38.8 Å². The molecule has 0 fully saturated rings. The van der Waals surface area contributed by atoms with Gasteiger partial charge in [0, 0.05) is 24.5 Å². The predicted octanol–water partition coefficient (Wildman–Crippen LogP) is 1.70. The normalized spacial score (nSPS) is 21.0. The molecule has 4 nitrogen and oxygen atoms in total. The number of fused-ring (bicyclic) bond motifs is 1. The second kappa shape index (κ2) is 3.49. The molecule has 1 aromatic heterocycles. The Morgan fingerprint density at radius 2 is 2.20 bits per heavy atom. The summed E-state index contributed by atoms with van der Waals surface area (Å²) in [5.74, 6) is 0.925. The van der Waals surface area contributed by atoms with Gasteiger partial charge in [0.25, 0.3) is 0 Å². The highest BCUT2D eigenvalue weighted by atomic mass is 79.9. The third-order valence-corrected chi connectivity index (χ3v) is 3.36. The first-order chi connectivity index (χ1) is 6.89. The lowest BCUT2D eigenvalue weighted by Gasteiger charge is -2.22. The third kappa shape index (κ3) is 1.90. The number of halogens is 1. The smallest absolute Gasteiger partial charge is 0.204 e. The van der Waals surface area contributed by atoms with Crippen LogP contribution >= 0.6 is 15.9 Å². The summed E-state index contributed by atoms with van der Waals surface area (Å²) in [4.78, 5) is 4.61. The lowest BCUT2D eigenvalue weighted by molar-refractivity contribution is 0.531. The number of nitrogens with zero attached hydrogens (tertiary/aromatic N) is 2. The van der Waals surface area contributed by atoms with E-state index >= 15 is 0 Å². The Morgan fingerprint density at radius 3 is 2.80 bits per heavy atom. The molecule has 3 N–H and O–H groups in total. The van der Waals surface area contributed by atoms with Crippen molar-refractivity contribution in [2.75, 3.05) is 11.9 Å². The van der Waals surface area contributed by atoms with Gasteiger partial charge in [0.15, 0.2) is 0 Å². The zero-order valence-electron chi connectivity index (χ0n) is 9.34. The second-order valence-electron chi connectivity index (χ2n) is 5.08. The molecule has 1 atom stereocenters. The summed E-state index contributed by atoms with van der Waals surface area (Å²) in [6, 6.07) is 0.163. The summed E-state index contributed by atoms with van der Waals surface area (Å²) in [5, 5.41) is 3.24. The number of nitrogens with one attached hydrogen (secondary N) is 1. The maximum absolute atomic E-state index is 5.90. The lowest BCUT2D eigenvalue weighted by Crippen LogP contribution is -2.38. The molecular formula is C10H17BrN4. The van der Waals surface area contributed by atoms with Gasteiger partial charge < -0.3 is 15.6 Å². The molecular weight excluding hydrogens is 256 g/mol. The fourth-order valence-corrected chi connectivity index (χ4v) is 2.73. The molecule has 0 aliphatic carbocycles. The van der Waals surface area contributed by atoms with Crippen molar-refractivity contribution in [1.29, 1.82) is 0 Å². The van der Waals surface area contributed by atoms with Crippen LogP contribution in [-0.4, -0.2) is 22.1 Å². The molecule has 2 rings (SSSR count). The molecule has 0 bridgehead atoms. The number of nitrogens with two attached hydrogens (primary N) is 1. The molecule has 0 saturated carbocycles. The second-order valence-corrected chi connectivity index (χ2v) is 5.83. The van der Waals surface area contributed by atoms with Crippen molar-refractivity contribution in [1.82, 2.24) is 9.55 Å². The van der Waals surface area contributed by atoms with Gasteiger partial charge in [-0.25, -0.2) is 4.98 Å². The average molecular weight is 273 g/mol. The van der Waals surface area contributed by atoms with E-state index in [0.29, 0.717) is 0 Å². The summed E-state index contributed by atoms with van der Waals surface area (Å²) >= 11 is 3.61. The van der Waals surface area contributed by atoms with Crippen molar-refractivity contribution >= 4 is 21.9 Å². The van der Waals surface area contributed by atoms with Crippen LogP contribution in [0.25, 0.3) is 0 Å². The highest BCUT2D eigenvalue weighted by Gasteiger charge is 2.27. The van der Waals surface area contributed by atoms with Gasteiger partial charge in [0.2, 0.25) is 5.95 Å². The van der Waals surface area contributed by atoms with Crippen LogP contribution in [0.15, 0.2) is 4.60 Å². The van der Waals surface area contributed by atoms with Crippen LogP contribution in [0.3, 0.4) is 0 Å². The van der Waals surface area contributed by atoms with Gasteiger partial charge >= 0.3 is 0 Å². The Balaban J connectivity index is 2.46. The van der Waals surface area contributed by atoms with Gasteiger partial charge in [-0.15, -0.1) is 0 Å². The maximum Gasteiger partial charge on any atom is 0.204 e. The molecule has 1 aliphatic rings. The first-order valence-electron chi connectivity index (χ1n) is 5.15. The van der Waals surface area contributed by atoms with E-state index in [1.54, 1.807) is 0 Å². The Hall–Kier alpha value is -0.550. The number of anilines is 1. The summed E-state index contributed by atoms with van der Waals surface area (Å²) in [5.41, 5.74) is 7.04. The van der Waals surface area contributed by atoms with E-state index in [1.165, 1.54) is 0 Å². The topological polar surface area (TPSA) is 55.9 Å². The van der Waals surface area contributed by atoms with Gasteiger partial charge in [-0.05, 0) is 15.9 Å². The fraction of sp³-hybridized carbons (Fsp3) is 0.700. The SMILES string of the molecule is CC(C)(C)c1nc2n(c1Br)CC(N)CN2. The molecule has 5 heteroatoms. The van der Waals surface area contributed by atoms with Crippen molar-refractivity contribution in [2.24, 2.45) is 5.73 Å². The standard InChI is InChI=1S/C10H17BrN4/c1-10(2,3)7-8(11)15-5-6(12)4-13-9(15)14-7/h6H,4-5,12H2,1-3H3,(H,13,14). The highest BCUT2D eigenvalue weighted by Crippen LogP contribution is 2.32. The summed E-state index contributed by atoms with van der Waals surface area (Å²) in [6.45, 7) is 8.10. The zero-order valence-corrected chi connectivity index (χ0v) is 10.9. The van der Waals surface area contributed by atoms with E-state index in [0.717, 1.165) is 29.3 Å². The first kappa shape index (κ1) is 11.0. The minimum Gasteiger partial charge on any atom is -0.354 e. The van der Waals surface area contributed by atoms with Crippen molar-refractivity contribution < 1.29 is 0 Å². The number of imidazole rings is 1. The van der Waals surface area contributed by atoms with Gasteiger partial charge in [-0.2, -0.15) is 0 Å². The molecule has 1 unspecified atom stereocenters. The van der Waals surface area contributed by atoms with Crippen LogP contribution < -0.4 is 11.1 Å². The Labute approximate surface area is 98.4 Å². The van der Waals surface area contributed by atoms with E-state index in [-0.39, 0.29) is 11.5 Å². The Bertz CT molecular complexity index is 378. The van der Waals surface area contributed by atoms with Crippen LogP contribution in [0.1, 0.15) is 26.5 Å². The summed E-state index contributed by atoms with van der Waals surface area (Å²) in [7, 11) is 0. The monoisotopic (exact) mass is 272 g/mol. The molecule has 0 radical (unpaired) electrons. The Kier molecular flexibility index (Phi) is 2.55. The van der Waals surface area contributed by atoms with Crippen molar-refractivity contribution in [3.05, 3.63) is 10.3 Å². The third-order valence-electron chi connectivity index (χ3n) is 2.56. The van der Waals surface area contributed by atoms with Gasteiger partial charge in [0.05, 0.1) is 5.69 Å². The van der Waals surface area contributed by atoms with Crippen LogP contribution in [0.2, 0.25) is 0 Å². The van der Waals surface area contributed by atoms with Crippen LogP contribution in [0, 0.1) is 0 Å². The summed E-state index contributed by atoms with van der Waals surface area (Å²) < 4.78 is 3.15. The van der Waals surface area contributed by atoms with Crippen molar-refractivity contribution in [3.63, 3.8) is 0 Å². The quantitative estimate of drug-likeness (QED) is 0.756. The maximum atomic E-state index is 5.90. The molecule has 84 valence electrons. The van der Waals surface area contributed by atoms with Crippen molar-refractivity contribution in [3.8, 4) is 0 Å². The van der Waals surface area contributed by atoms with E-state index < -0.39 is 0 Å². The number of hydrogen-bond acceptors (Lipinski definition) is 3.